The fourth-order valence-corrected chi connectivity index (χ4v) is 2.93. The number of amides is 3. The monoisotopic (exact) mass is 440 g/mol. The van der Waals surface area contributed by atoms with Gasteiger partial charge >= 0.3 is 5.97 Å². The van der Waals surface area contributed by atoms with Crippen LogP contribution in [0.1, 0.15) is 12.0 Å². The number of thioether (sulfide) groups is 1. The van der Waals surface area contributed by atoms with E-state index in [9.17, 15) is 29.4 Å². The van der Waals surface area contributed by atoms with Crippen LogP contribution in [-0.2, 0) is 25.6 Å². The largest absolute Gasteiger partial charge is 0.480 e. The number of carboxylic acids is 1. The molecule has 0 radical (unpaired) electrons. The van der Waals surface area contributed by atoms with E-state index < -0.39 is 55.0 Å². The number of hydrogen-bond donors (Lipinski definition) is 6. The van der Waals surface area contributed by atoms with Crippen molar-refractivity contribution in [1.82, 2.24) is 16.0 Å². The predicted octanol–water partition coefficient (Wildman–Crippen LogP) is -1.53. The first kappa shape index (κ1) is 25.4. The highest BCUT2D eigenvalue weighted by atomic mass is 32.2. The summed E-state index contributed by atoms with van der Waals surface area (Å²) in [5.41, 5.74) is 6.40. The average molecular weight is 441 g/mol. The number of aliphatic carboxylic acids is 1. The molecule has 11 heteroatoms. The van der Waals surface area contributed by atoms with Gasteiger partial charge in [0.15, 0.2) is 0 Å². The van der Waals surface area contributed by atoms with Crippen molar-refractivity contribution in [3.8, 4) is 0 Å². The van der Waals surface area contributed by atoms with E-state index in [0.717, 1.165) is 0 Å². The number of hydrogen-bond acceptors (Lipinski definition) is 7. The van der Waals surface area contributed by atoms with Gasteiger partial charge in [-0.3, -0.25) is 14.4 Å². The molecule has 0 aromatic heterocycles. The zero-order valence-electron chi connectivity index (χ0n) is 16.7. The highest BCUT2D eigenvalue weighted by Crippen LogP contribution is 2.04. The lowest BCUT2D eigenvalue weighted by Crippen LogP contribution is -2.55. The number of nitrogens with one attached hydrogen (secondary N) is 3. The van der Waals surface area contributed by atoms with Crippen molar-refractivity contribution >= 4 is 35.5 Å². The van der Waals surface area contributed by atoms with Gasteiger partial charge in [0.1, 0.15) is 12.1 Å². The summed E-state index contributed by atoms with van der Waals surface area (Å²) in [7, 11) is 0. The third kappa shape index (κ3) is 9.25. The summed E-state index contributed by atoms with van der Waals surface area (Å²) in [5.74, 6) is -2.62. The Bertz CT molecular complexity index is 718. The van der Waals surface area contributed by atoms with E-state index in [2.05, 4.69) is 16.0 Å². The van der Waals surface area contributed by atoms with Gasteiger partial charge < -0.3 is 31.9 Å². The summed E-state index contributed by atoms with van der Waals surface area (Å²) in [6, 6.07) is 5.36. The molecule has 0 spiro atoms. The Labute approximate surface area is 179 Å². The minimum atomic E-state index is -1.36. The number of rotatable bonds is 13. The number of carbonyl (C=O) groups excluding carboxylic acids is 3. The van der Waals surface area contributed by atoms with Gasteiger partial charge in [-0.1, -0.05) is 30.3 Å². The maximum atomic E-state index is 12.3. The molecular weight excluding hydrogens is 412 g/mol. The van der Waals surface area contributed by atoms with Crippen LogP contribution in [0.25, 0.3) is 0 Å². The number of carboxylic acid groups (broad SMARTS) is 1. The highest BCUT2D eigenvalue weighted by molar-refractivity contribution is 7.98. The van der Waals surface area contributed by atoms with E-state index in [1.54, 1.807) is 42.1 Å². The Hall–Kier alpha value is -2.63. The zero-order valence-corrected chi connectivity index (χ0v) is 17.5. The summed E-state index contributed by atoms with van der Waals surface area (Å²) in [6.45, 7) is -1.17. The van der Waals surface area contributed by atoms with Crippen molar-refractivity contribution in [2.24, 2.45) is 5.73 Å². The minimum Gasteiger partial charge on any atom is -0.480 e. The minimum absolute atomic E-state index is 0.0397. The zero-order chi connectivity index (χ0) is 22.5. The topological polar surface area (TPSA) is 171 Å². The molecule has 3 atom stereocenters. The lowest BCUT2D eigenvalue weighted by molar-refractivity contribution is -0.142. The molecular formula is C19H28N4O6S. The Morgan fingerprint density at radius 3 is 2.30 bits per heavy atom. The van der Waals surface area contributed by atoms with E-state index >= 15 is 0 Å². The molecule has 30 heavy (non-hydrogen) atoms. The summed E-state index contributed by atoms with van der Waals surface area (Å²) in [6.07, 6.45) is 2.37. The SMILES string of the molecule is CSCCC(N)C(=O)NCC(=O)NC(CO)C(=O)NC(Cc1ccccc1)C(=O)O. The average Bonchev–Trinajstić information content (AvgIpc) is 2.73. The first-order valence-corrected chi connectivity index (χ1v) is 10.7. The van der Waals surface area contributed by atoms with Crippen LogP contribution in [0.15, 0.2) is 30.3 Å². The van der Waals surface area contributed by atoms with Gasteiger partial charge in [0, 0.05) is 6.42 Å². The van der Waals surface area contributed by atoms with E-state index in [1.807, 2.05) is 6.26 Å². The second kappa shape index (κ2) is 13.6. The number of benzene rings is 1. The number of carbonyl (C=O) groups is 4. The smallest absolute Gasteiger partial charge is 0.326 e. The number of aliphatic hydroxyl groups excluding tert-OH is 1. The quantitative estimate of drug-likeness (QED) is 0.214. The van der Waals surface area contributed by atoms with Crippen LogP contribution < -0.4 is 21.7 Å². The molecule has 0 fully saturated rings. The van der Waals surface area contributed by atoms with Crippen LogP contribution in [0.2, 0.25) is 0 Å². The van der Waals surface area contributed by atoms with Crippen molar-refractivity contribution in [1.29, 1.82) is 0 Å². The molecule has 0 saturated heterocycles. The van der Waals surface area contributed by atoms with Crippen molar-refractivity contribution in [2.45, 2.75) is 31.0 Å². The first-order chi connectivity index (χ1) is 14.3. The van der Waals surface area contributed by atoms with Crippen LogP contribution in [-0.4, -0.2) is 77.2 Å². The van der Waals surface area contributed by atoms with Gasteiger partial charge in [0.25, 0.3) is 0 Å². The van der Waals surface area contributed by atoms with E-state index in [-0.39, 0.29) is 6.42 Å². The normalized spacial score (nSPS) is 13.6. The lowest BCUT2D eigenvalue weighted by Gasteiger charge is -2.20. The summed E-state index contributed by atoms with van der Waals surface area (Å²) < 4.78 is 0. The number of nitrogens with two attached hydrogens (primary N) is 1. The molecule has 1 aromatic rings. The Morgan fingerprint density at radius 2 is 1.73 bits per heavy atom. The van der Waals surface area contributed by atoms with Gasteiger partial charge in [-0.2, -0.15) is 11.8 Å². The van der Waals surface area contributed by atoms with Crippen molar-refractivity contribution in [3.05, 3.63) is 35.9 Å². The van der Waals surface area contributed by atoms with Crippen molar-refractivity contribution in [3.63, 3.8) is 0 Å². The van der Waals surface area contributed by atoms with Gasteiger partial charge in [0.2, 0.25) is 17.7 Å². The van der Waals surface area contributed by atoms with Gasteiger partial charge in [0.05, 0.1) is 19.2 Å². The van der Waals surface area contributed by atoms with Crippen LogP contribution >= 0.6 is 11.8 Å². The fourth-order valence-electron chi connectivity index (χ4n) is 2.44. The predicted molar refractivity (Wildman–Crippen MR) is 113 cm³/mol. The Morgan fingerprint density at radius 1 is 1.07 bits per heavy atom. The summed E-state index contributed by atoms with van der Waals surface area (Å²) in [5, 5.41) is 25.7. The van der Waals surface area contributed by atoms with Crippen LogP contribution in [0, 0.1) is 0 Å². The van der Waals surface area contributed by atoms with Gasteiger partial charge in [-0.25, -0.2) is 4.79 Å². The number of aliphatic hydroxyl groups is 1. The lowest BCUT2D eigenvalue weighted by atomic mass is 10.1. The van der Waals surface area contributed by atoms with Crippen molar-refractivity contribution in [2.75, 3.05) is 25.2 Å². The van der Waals surface area contributed by atoms with E-state index in [4.69, 9.17) is 5.73 Å². The second-order valence-electron chi connectivity index (χ2n) is 6.50. The van der Waals surface area contributed by atoms with Gasteiger partial charge in [-0.15, -0.1) is 0 Å². The summed E-state index contributed by atoms with van der Waals surface area (Å²) >= 11 is 1.54. The fraction of sp³-hybridized carbons (Fsp3) is 0.474. The molecule has 0 aliphatic carbocycles. The van der Waals surface area contributed by atoms with E-state index in [0.29, 0.717) is 17.7 Å². The van der Waals surface area contributed by atoms with Crippen LogP contribution in [0.4, 0.5) is 0 Å². The molecule has 1 rings (SSSR count). The maximum Gasteiger partial charge on any atom is 0.326 e. The molecule has 0 bridgehead atoms. The maximum absolute atomic E-state index is 12.3. The third-order valence-electron chi connectivity index (χ3n) is 4.12. The molecule has 10 nitrogen and oxygen atoms in total. The molecule has 3 amide bonds. The van der Waals surface area contributed by atoms with Gasteiger partial charge in [-0.05, 0) is 24.0 Å². The first-order valence-electron chi connectivity index (χ1n) is 9.28. The molecule has 166 valence electrons. The van der Waals surface area contributed by atoms with E-state index in [1.165, 1.54) is 0 Å². The second-order valence-corrected chi connectivity index (χ2v) is 7.48. The summed E-state index contributed by atoms with van der Waals surface area (Å²) in [4.78, 5) is 47.6. The molecule has 7 N–H and O–H groups in total. The molecule has 0 heterocycles. The third-order valence-corrected chi connectivity index (χ3v) is 4.77. The molecule has 0 aliphatic heterocycles. The standard InChI is InChI=1S/C19H28N4O6S/c1-30-8-7-13(20)17(26)21-10-16(25)22-15(11-24)18(27)23-14(19(28)29)9-12-5-3-2-4-6-12/h2-6,13-15,24H,7-11,20H2,1H3,(H,21,26)(H,22,25)(H,23,27)(H,28,29). The van der Waals surface area contributed by atoms with Crippen LogP contribution in [0.3, 0.4) is 0 Å². The Kier molecular flexibility index (Phi) is 11.5. The Balaban J connectivity index is 2.56. The molecule has 1 aromatic carbocycles. The highest BCUT2D eigenvalue weighted by Gasteiger charge is 2.26. The van der Waals surface area contributed by atoms with Crippen molar-refractivity contribution < 1.29 is 29.4 Å². The molecule has 0 aliphatic rings. The molecule has 0 saturated carbocycles. The molecule has 3 unspecified atom stereocenters. The van der Waals surface area contributed by atoms with Crippen LogP contribution in [0.5, 0.6) is 0 Å².